The molecule has 2 rings (SSSR count). The maximum absolute atomic E-state index is 12.4. The molecule has 1 heterocycles. The molecule has 0 aromatic heterocycles. The number of carboxylic acids is 1. The minimum Gasteiger partial charge on any atom is -0.478 e. The van der Waals surface area contributed by atoms with Crippen LogP contribution < -0.4 is 0 Å². The Morgan fingerprint density at radius 2 is 1.83 bits per heavy atom. The number of benzene rings is 1. The lowest BCUT2D eigenvalue weighted by atomic mass is 10.0. The fraction of sp³-hybridized carbons (Fsp3) is 0.467. The molecule has 1 amide bonds. The Balaban J connectivity index is 2.06. The molecule has 0 unspecified atom stereocenters. The molecule has 1 aliphatic heterocycles. The van der Waals surface area contributed by atoms with Crippen LogP contribution in [-0.4, -0.2) is 67.0 Å². The standard InChI is InChI=1S/C15H20N2O5S/c1-23(21,22)17-8-4-7-16(9-10-17)14(18)11-12-5-2-3-6-13(12)15(19)20/h2-3,5-6H,4,7-11H2,1H3,(H,19,20). The summed E-state index contributed by atoms with van der Waals surface area (Å²) in [5, 5.41) is 9.16. The second-order valence-electron chi connectivity index (χ2n) is 5.54. The van der Waals surface area contributed by atoms with E-state index < -0.39 is 16.0 Å². The van der Waals surface area contributed by atoms with Crippen LogP contribution in [0.3, 0.4) is 0 Å². The summed E-state index contributed by atoms with van der Waals surface area (Å²) in [5.41, 5.74) is 0.586. The number of rotatable bonds is 4. The van der Waals surface area contributed by atoms with Crippen LogP contribution >= 0.6 is 0 Å². The fourth-order valence-corrected chi connectivity index (χ4v) is 3.51. The zero-order valence-corrected chi connectivity index (χ0v) is 13.8. The van der Waals surface area contributed by atoms with E-state index in [9.17, 15) is 18.0 Å². The van der Waals surface area contributed by atoms with Gasteiger partial charge in [-0.15, -0.1) is 0 Å². The molecule has 0 aliphatic carbocycles. The summed E-state index contributed by atoms with van der Waals surface area (Å²) >= 11 is 0. The second-order valence-corrected chi connectivity index (χ2v) is 7.52. The summed E-state index contributed by atoms with van der Waals surface area (Å²) in [6, 6.07) is 6.41. The van der Waals surface area contributed by atoms with E-state index in [1.54, 1.807) is 23.1 Å². The van der Waals surface area contributed by atoms with Gasteiger partial charge < -0.3 is 10.0 Å². The lowest BCUT2D eigenvalue weighted by molar-refractivity contribution is -0.130. The predicted molar refractivity (Wildman–Crippen MR) is 84.7 cm³/mol. The average molecular weight is 340 g/mol. The minimum absolute atomic E-state index is 0.00134. The maximum atomic E-state index is 12.4. The molecule has 1 fully saturated rings. The van der Waals surface area contributed by atoms with Gasteiger partial charge in [0.25, 0.3) is 0 Å². The lowest BCUT2D eigenvalue weighted by Gasteiger charge is -2.21. The predicted octanol–water partition coefficient (Wildman–Crippen LogP) is 0.421. The minimum atomic E-state index is -3.26. The summed E-state index contributed by atoms with van der Waals surface area (Å²) in [6.45, 7) is 1.46. The van der Waals surface area contributed by atoms with Gasteiger partial charge in [-0.1, -0.05) is 18.2 Å². The Labute approximate surface area is 135 Å². The van der Waals surface area contributed by atoms with Gasteiger partial charge in [0.15, 0.2) is 0 Å². The van der Waals surface area contributed by atoms with Crippen molar-refractivity contribution in [1.82, 2.24) is 9.21 Å². The van der Waals surface area contributed by atoms with Crippen molar-refractivity contribution in [2.24, 2.45) is 0 Å². The van der Waals surface area contributed by atoms with Crippen LogP contribution in [0.2, 0.25) is 0 Å². The number of carbonyl (C=O) groups excluding carboxylic acids is 1. The number of amides is 1. The first-order valence-corrected chi connectivity index (χ1v) is 9.18. The molecule has 0 atom stereocenters. The van der Waals surface area contributed by atoms with E-state index in [4.69, 9.17) is 5.11 Å². The van der Waals surface area contributed by atoms with Crippen molar-refractivity contribution in [3.63, 3.8) is 0 Å². The van der Waals surface area contributed by atoms with Gasteiger partial charge in [0.2, 0.25) is 15.9 Å². The van der Waals surface area contributed by atoms with Gasteiger partial charge in [0, 0.05) is 26.2 Å². The van der Waals surface area contributed by atoms with Crippen molar-refractivity contribution in [1.29, 1.82) is 0 Å². The molecule has 7 nitrogen and oxygen atoms in total. The van der Waals surface area contributed by atoms with E-state index in [2.05, 4.69) is 0 Å². The highest BCUT2D eigenvalue weighted by Crippen LogP contribution is 2.13. The Morgan fingerprint density at radius 3 is 2.48 bits per heavy atom. The zero-order chi connectivity index (χ0) is 17.0. The first-order valence-electron chi connectivity index (χ1n) is 7.33. The number of nitrogens with zero attached hydrogens (tertiary/aromatic N) is 2. The van der Waals surface area contributed by atoms with Crippen LogP contribution in [0.5, 0.6) is 0 Å². The summed E-state index contributed by atoms with van der Waals surface area (Å²) in [5.74, 6) is -1.25. The van der Waals surface area contributed by atoms with Crippen molar-refractivity contribution in [3.05, 3.63) is 35.4 Å². The van der Waals surface area contributed by atoms with Gasteiger partial charge in [0.1, 0.15) is 0 Å². The largest absolute Gasteiger partial charge is 0.478 e. The van der Waals surface area contributed by atoms with Crippen LogP contribution in [0, 0.1) is 0 Å². The maximum Gasteiger partial charge on any atom is 0.335 e. The number of sulfonamides is 1. The van der Waals surface area contributed by atoms with Gasteiger partial charge in [-0.05, 0) is 18.1 Å². The average Bonchev–Trinajstić information content (AvgIpc) is 2.73. The van der Waals surface area contributed by atoms with Crippen LogP contribution in [0.1, 0.15) is 22.3 Å². The molecular weight excluding hydrogens is 320 g/mol. The molecule has 8 heteroatoms. The SMILES string of the molecule is CS(=O)(=O)N1CCCN(C(=O)Cc2ccccc2C(=O)O)CC1. The van der Waals surface area contributed by atoms with Gasteiger partial charge >= 0.3 is 5.97 Å². The van der Waals surface area contributed by atoms with Crippen molar-refractivity contribution < 1.29 is 23.1 Å². The zero-order valence-electron chi connectivity index (χ0n) is 12.9. The van der Waals surface area contributed by atoms with E-state index in [1.807, 2.05) is 0 Å². The molecule has 23 heavy (non-hydrogen) atoms. The number of aromatic carboxylic acids is 1. The molecule has 0 bridgehead atoms. The van der Waals surface area contributed by atoms with E-state index in [0.29, 0.717) is 31.6 Å². The van der Waals surface area contributed by atoms with Crippen LogP contribution in [0.15, 0.2) is 24.3 Å². The van der Waals surface area contributed by atoms with Crippen molar-refractivity contribution >= 4 is 21.9 Å². The smallest absolute Gasteiger partial charge is 0.335 e. The van der Waals surface area contributed by atoms with Crippen LogP contribution in [-0.2, 0) is 21.2 Å². The molecule has 0 saturated carbocycles. The van der Waals surface area contributed by atoms with Gasteiger partial charge in [-0.25, -0.2) is 17.5 Å². The van der Waals surface area contributed by atoms with Crippen molar-refractivity contribution in [2.75, 3.05) is 32.4 Å². The third-order valence-electron chi connectivity index (χ3n) is 3.87. The Hall–Kier alpha value is -1.93. The van der Waals surface area contributed by atoms with E-state index in [0.717, 1.165) is 6.26 Å². The number of carbonyl (C=O) groups is 2. The summed E-state index contributed by atoms with van der Waals surface area (Å²) < 4.78 is 24.5. The van der Waals surface area contributed by atoms with Crippen molar-refractivity contribution in [3.8, 4) is 0 Å². The summed E-state index contributed by atoms with van der Waals surface area (Å²) in [6.07, 6.45) is 1.73. The monoisotopic (exact) mass is 340 g/mol. The Morgan fingerprint density at radius 1 is 1.13 bits per heavy atom. The fourth-order valence-electron chi connectivity index (χ4n) is 2.63. The molecule has 1 aliphatic rings. The molecule has 1 N–H and O–H groups in total. The highest BCUT2D eigenvalue weighted by atomic mass is 32.2. The Kier molecular flexibility index (Phi) is 5.38. The van der Waals surface area contributed by atoms with Crippen LogP contribution in [0.25, 0.3) is 0 Å². The van der Waals surface area contributed by atoms with Crippen LogP contribution in [0.4, 0.5) is 0 Å². The van der Waals surface area contributed by atoms with Gasteiger partial charge in [-0.3, -0.25) is 4.79 Å². The second kappa shape index (κ2) is 7.10. The molecular formula is C15H20N2O5S. The molecule has 1 aromatic rings. The molecule has 126 valence electrons. The topological polar surface area (TPSA) is 95.0 Å². The molecule has 1 saturated heterocycles. The summed E-state index contributed by atoms with van der Waals surface area (Å²) in [7, 11) is -3.26. The lowest BCUT2D eigenvalue weighted by Crippen LogP contribution is -2.37. The first kappa shape index (κ1) is 17.4. The van der Waals surface area contributed by atoms with Crippen molar-refractivity contribution in [2.45, 2.75) is 12.8 Å². The highest BCUT2D eigenvalue weighted by Gasteiger charge is 2.24. The number of hydrogen-bond acceptors (Lipinski definition) is 4. The molecule has 1 aromatic carbocycles. The first-order chi connectivity index (χ1) is 10.8. The Bertz CT molecular complexity index is 702. The van der Waals surface area contributed by atoms with Gasteiger partial charge in [-0.2, -0.15) is 0 Å². The summed E-state index contributed by atoms with van der Waals surface area (Å²) in [4.78, 5) is 25.2. The number of hydrogen-bond donors (Lipinski definition) is 1. The third kappa shape index (κ3) is 4.52. The van der Waals surface area contributed by atoms with E-state index >= 15 is 0 Å². The normalized spacial score (nSPS) is 16.8. The quantitative estimate of drug-likeness (QED) is 0.857. The highest BCUT2D eigenvalue weighted by molar-refractivity contribution is 7.88. The molecule has 0 radical (unpaired) electrons. The molecule has 0 spiro atoms. The van der Waals surface area contributed by atoms with E-state index in [-0.39, 0.29) is 24.4 Å². The third-order valence-corrected chi connectivity index (χ3v) is 5.17. The number of carboxylic acid groups (broad SMARTS) is 1. The van der Waals surface area contributed by atoms with E-state index in [1.165, 1.54) is 10.4 Å². The van der Waals surface area contributed by atoms with Gasteiger partial charge in [0.05, 0.1) is 18.2 Å².